The molecular formula is C18H23N3O3S. The summed E-state index contributed by atoms with van der Waals surface area (Å²) in [5, 5.41) is 2.85. The summed E-state index contributed by atoms with van der Waals surface area (Å²) in [4.78, 5) is 16.6. The Morgan fingerprint density at radius 3 is 2.56 bits per heavy atom. The molecule has 0 bridgehead atoms. The number of carbonyl (C=O) groups excluding carboxylic acids is 1. The van der Waals surface area contributed by atoms with Crippen molar-refractivity contribution in [3.63, 3.8) is 0 Å². The molecule has 134 valence electrons. The molecule has 2 rings (SSSR count). The van der Waals surface area contributed by atoms with Gasteiger partial charge in [0, 0.05) is 11.9 Å². The van der Waals surface area contributed by atoms with Gasteiger partial charge in [0.15, 0.2) is 0 Å². The average Bonchev–Trinajstić information content (AvgIpc) is 2.56. The van der Waals surface area contributed by atoms with Crippen LogP contribution in [0.2, 0.25) is 0 Å². The number of benzene rings is 1. The molecule has 0 fully saturated rings. The number of rotatable bonds is 7. The van der Waals surface area contributed by atoms with Crippen LogP contribution >= 0.6 is 0 Å². The van der Waals surface area contributed by atoms with E-state index in [1.807, 2.05) is 32.0 Å². The first-order valence-electron chi connectivity index (χ1n) is 8.04. The molecule has 0 atom stereocenters. The van der Waals surface area contributed by atoms with Gasteiger partial charge in [-0.3, -0.25) is 9.78 Å². The fourth-order valence-electron chi connectivity index (χ4n) is 2.50. The number of aryl methyl sites for hydroxylation is 2. The lowest BCUT2D eigenvalue weighted by molar-refractivity contribution is -0.116. The summed E-state index contributed by atoms with van der Waals surface area (Å²) in [7, 11) is -3.54. The number of nitrogens with zero attached hydrogens (tertiary/aromatic N) is 2. The quantitative estimate of drug-likeness (QED) is 0.821. The summed E-state index contributed by atoms with van der Waals surface area (Å²) < 4.78 is 25.2. The van der Waals surface area contributed by atoms with Crippen molar-refractivity contribution in [3.8, 4) is 0 Å². The molecule has 0 saturated heterocycles. The number of aromatic nitrogens is 1. The molecular weight excluding hydrogens is 338 g/mol. The van der Waals surface area contributed by atoms with E-state index in [4.69, 9.17) is 0 Å². The van der Waals surface area contributed by atoms with Gasteiger partial charge in [0.05, 0.1) is 25.0 Å². The second kappa shape index (κ2) is 8.22. The predicted octanol–water partition coefficient (Wildman–Crippen LogP) is 2.35. The number of hydrogen-bond donors (Lipinski definition) is 1. The molecule has 6 nitrogen and oxygen atoms in total. The molecule has 1 aromatic carbocycles. The summed E-state index contributed by atoms with van der Waals surface area (Å²) in [6.45, 7) is 3.72. The van der Waals surface area contributed by atoms with Crippen molar-refractivity contribution in [3.05, 3.63) is 59.4 Å². The monoisotopic (exact) mass is 361 g/mol. The van der Waals surface area contributed by atoms with Gasteiger partial charge in [0.1, 0.15) is 0 Å². The third-order valence-electron chi connectivity index (χ3n) is 3.86. The van der Waals surface area contributed by atoms with Gasteiger partial charge >= 0.3 is 0 Å². The van der Waals surface area contributed by atoms with Crippen LogP contribution in [0.15, 0.2) is 42.6 Å². The number of para-hydroxylation sites is 1. The molecule has 2 aromatic rings. The molecule has 0 saturated carbocycles. The van der Waals surface area contributed by atoms with Crippen molar-refractivity contribution in [1.29, 1.82) is 0 Å². The molecule has 0 aliphatic heterocycles. The predicted molar refractivity (Wildman–Crippen MR) is 98.7 cm³/mol. The highest BCUT2D eigenvalue weighted by Crippen LogP contribution is 2.21. The summed E-state index contributed by atoms with van der Waals surface area (Å²) in [5.74, 6) is -0.370. The highest BCUT2D eigenvalue weighted by Gasteiger charge is 2.21. The van der Waals surface area contributed by atoms with Crippen molar-refractivity contribution < 1.29 is 13.2 Å². The second-order valence-corrected chi connectivity index (χ2v) is 7.85. The Bertz CT molecular complexity index is 836. The van der Waals surface area contributed by atoms with Crippen LogP contribution in [0.25, 0.3) is 0 Å². The van der Waals surface area contributed by atoms with E-state index in [0.29, 0.717) is 5.69 Å². The SMILES string of the molecule is CCc1cccc(C)c1NC(=O)CN(Cc1ccccn1)S(C)(=O)=O. The number of hydrogen-bond acceptors (Lipinski definition) is 4. The fourth-order valence-corrected chi connectivity index (χ4v) is 3.22. The van der Waals surface area contributed by atoms with Gasteiger partial charge in [0.2, 0.25) is 15.9 Å². The molecule has 1 N–H and O–H groups in total. The van der Waals surface area contributed by atoms with Crippen LogP contribution in [0.5, 0.6) is 0 Å². The maximum atomic E-state index is 12.4. The lowest BCUT2D eigenvalue weighted by atomic mass is 10.1. The molecule has 1 amide bonds. The third kappa shape index (κ3) is 5.37. The van der Waals surface area contributed by atoms with Gasteiger partial charge in [-0.05, 0) is 36.6 Å². The van der Waals surface area contributed by atoms with Gasteiger partial charge in [-0.2, -0.15) is 4.31 Å². The minimum Gasteiger partial charge on any atom is -0.324 e. The van der Waals surface area contributed by atoms with Gasteiger partial charge in [-0.25, -0.2) is 8.42 Å². The molecule has 0 unspecified atom stereocenters. The summed E-state index contributed by atoms with van der Waals surface area (Å²) >= 11 is 0. The first-order valence-corrected chi connectivity index (χ1v) is 9.89. The smallest absolute Gasteiger partial charge is 0.239 e. The van der Waals surface area contributed by atoms with E-state index >= 15 is 0 Å². The van der Waals surface area contributed by atoms with Crippen LogP contribution in [0.4, 0.5) is 5.69 Å². The Kier molecular flexibility index (Phi) is 6.27. The second-order valence-electron chi connectivity index (χ2n) is 5.86. The standard InChI is InChI=1S/C18H23N3O3S/c1-4-15-9-7-8-14(2)18(15)20-17(22)13-21(25(3,23)24)12-16-10-5-6-11-19-16/h5-11H,4,12-13H2,1-3H3,(H,20,22). The number of sulfonamides is 1. The zero-order valence-corrected chi connectivity index (χ0v) is 15.5. The Morgan fingerprint density at radius 1 is 1.20 bits per heavy atom. The Balaban J connectivity index is 2.15. The van der Waals surface area contributed by atoms with E-state index in [1.165, 1.54) is 0 Å². The number of nitrogens with one attached hydrogen (secondary N) is 1. The minimum absolute atomic E-state index is 0.0570. The third-order valence-corrected chi connectivity index (χ3v) is 5.05. The molecule has 1 aromatic heterocycles. The lowest BCUT2D eigenvalue weighted by Gasteiger charge is -2.20. The molecule has 0 aliphatic carbocycles. The van der Waals surface area contributed by atoms with Crippen molar-refractivity contribution in [2.45, 2.75) is 26.8 Å². The summed E-state index contributed by atoms with van der Waals surface area (Å²) in [5.41, 5.74) is 3.31. The number of pyridine rings is 1. The summed E-state index contributed by atoms with van der Waals surface area (Å²) in [6, 6.07) is 11.1. The minimum atomic E-state index is -3.54. The molecule has 0 radical (unpaired) electrons. The van der Waals surface area contributed by atoms with Crippen LogP contribution in [0, 0.1) is 6.92 Å². The zero-order chi connectivity index (χ0) is 18.4. The van der Waals surface area contributed by atoms with Crippen LogP contribution in [0.3, 0.4) is 0 Å². The molecule has 0 aliphatic rings. The van der Waals surface area contributed by atoms with Crippen LogP contribution < -0.4 is 5.32 Å². The maximum absolute atomic E-state index is 12.4. The lowest BCUT2D eigenvalue weighted by Crippen LogP contribution is -2.37. The van der Waals surface area contributed by atoms with Gasteiger partial charge < -0.3 is 5.32 Å². The van der Waals surface area contributed by atoms with Crippen LogP contribution in [-0.4, -0.2) is 36.4 Å². The molecule has 25 heavy (non-hydrogen) atoms. The normalized spacial score (nSPS) is 11.5. The van der Waals surface area contributed by atoms with E-state index in [0.717, 1.165) is 33.8 Å². The van der Waals surface area contributed by atoms with E-state index < -0.39 is 10.0 Å². The van der Waals surface area contributed by atoms with Crippen molar-refractivity contribution in [2.75, 3.05) is 18.1 Å². The number of amides is 1. The first-order chi connectivity index (χ1) is 11.8. The Morgan fingerprint density at radius 2 is 1.96 bits per heavy atom. The number of anilines is 1. The average molecular weight is 361 g/mol. The molecule has 0 spiro atoms. The van der Waals surface area contributed by atoms with E-state index in [9.17, 15) is 13.2 Å². The maximum Gasteiger partial charge on any atom is 0.239 e. The first kappa shape index (κ1) is 19.1. The van der Waals surface area contributed by atoms with Gasteiger partial charge in [-0.1, -0.05) is 31.2 Å². The van der Waals surface area contributed by atoms with Crippen LogP contribution in [-0.2, 0) is 27.8 Å². The van der Waals surface area contributed by atoms with Gasteiger partial charge in [-0.15, -0.1) is 0 Å². The van der Waals surface area contributed by atoms with Crippen LogP contribution in [0.1, 0.15) is 23.7 Å². The van der Waals surface area contributed by atoms with Crippen molar-refractivity contribution in [1.82, 2.24) is 9.29 Å². The van der Waals surface area contributed by atoms with Gasteiger partial charge in [0.25, 0.3) is 0 Å². The Hall–Kier alpha value is -2.25. The van der Waals surface area contributed by atoms with E-state index in [1.54, 1.807) is 24.4 Å². The van der Waals surface area contributed by atoms with Crippen molar-refractivity contribution in [2.24, 2.45) is 0 Å². The van der Waals surface area contributed by atoms with Crippen molar-refractivity contribution >= 4 is 21.6 Å². The highest BCUT2D eigenvalue weighted by atomic mass is 32.2. The summed E-state index contributed by atoms with van der Waals surface area (Å²) in [6.07, 6.45) is 3.46. The van der Waals surface area contributed by atoms with E-state index in [-0.39, 0.29) is 19.0 Å². The molecule has 1 heterocycles. The topological polar surface area (TPSA) is 79.4 Å². The zero-order valence-electron chi connectivity index (χ0n) is 14.7. The fraction of sp³-hybridized carbons (Fsp3) is 0.333. The largest absolute Gasteiger partial charge is 0.324 e. The Labute approximate surface area is 148 Å². The molecule has 7 heteroatoms. The highest BCUT2D eigenvalue weighted by molar-refractivity contribution is 7.88. The van der Waals surface area contributed by atoms with E-state index in [2.05, 4.69) is 10.3 Å². The number of carbonyl (C=O) groups is 1.